The second-order valence-electron chi connectivity index (χ2n) is 8.98. The van der Waals surface area contributed by atoms with Crippen LogP contribution in [-0.4, -0.2) is 13.1 Å². The lowest BCUT2D eigenvalue weighted by molar-refractivity contribution is -0.152. The summed E-state index contributed by atoms with van der Waals surface area (Å²) in [5.74, 6) is 2.36. The molecule has 0 spiro atoms. The minimum absolute atomic E-state index is 0.0289. The van der Waals surface area contributed by atoms with Gasteiger partial charge in [-0.25, -0.2) is 0 Å². The van der Waals surface area contributed by atoms with Gasteiger partial charge in [0.25, 0.3) is 0 Å². The Morgan fingerprint density at radius 2 is 2.00 bits per heavy atom. The van der Waals surface area contributed by atoms with Gasteiger partial charge in [0.05, 0.1) is 13.0 Å². The lowest BCUT2D eigenvalue weighted by Gasteiger charge is -2.56. The SMILES string of the molecule is COC(=O)[C@H]1CC[C@H]2[C@@H]3CC=C4C=C(Br)CC[C@]4(C)[C@H]3CC[C@]12C. The van der Waals surface area contributed by atoms with E-state index in [0.717, 1.165) is 18.3 Å². The van der Waals surface area contributed by atoms with Crippen LogP contribution in [0, 0.1) is 34.5 Å². The van der Waals surface area contributed by atoms with Crippen molar-refractivity contribution in [2.24, 2.45) is 34.5 Å². The van der Waals surface area contributed by atoms with Gasteiger partial charge in [0.2, 0.25) is 0 Å². The summed E-state index contributed by atoms with van der Waals surface area (Å²) in [6.45, 7) is 4.88. The van der Waals surface area contributed by atoms with Crippen molar-refractivity contribution >= 4 is 21.9 Å². The van der Waals surface area contributed by atoms with Crippen LogP contribution in [0.5, 0.6) is 0 Å². The highest BCUT2D eigenvalue weighted by molar-refractivity contribution is 9.11. The van der Waals surface area contributed by atoms with Gasteiger partial charge in [0.1, 0.15) is 0 Å². The van der Waals surface area contributed by atoms with Crippen molar-refractivity contribution in [3.05, 3.63) is 22.2 Å². The first kappa shape index (κ1) is 16.9. The zero-order chi connectivity index (χ0) is 17.1. The standard InChI is InChI=1S/C21H29BrO2/c1-20-10-8-14(22)12-13(20)4-5-15-16-6-7-18(19(23)24-3)21(16,2)11-9-17(15)20/h4,12,15-18H,5-11H2,1-3H3/t15-,16-,17-,18+,20-,21-/m0/s1. The highest BCUT2D eigenvalue weighted by Crippen LogP contribution is 2.66. The summed E-state index contributed by atoms with van der Waals surface area (Å²) in [6, 6.07) is 0. The van der Waals surface area contributed by atoms with Crippen molar-refractivity contribution in [1.82, 2.24) is 0 Å². The normalized spacial score (nSPS) is 47.0. The maximum absolute atomic E-state index is 12.3. The van der Waals surface area contributed by atoms with E-state index in [-0.39, 0.29) is 17.3 Å². The van der Waals surface area contributed by atoms with Gasteiger partial charge < -0.3 is 4.74 Å². The van der Waals surface area contributed by atoms with Crippen molar-refractivity contribution in [2.75, 3.05) is 7.11 Å². The van der Waals surface area contributed by atoms with E-state index in [1.54, 1.807) is 12.7 Å². The highest BCUT2D eigenvalue weighted by atomic mass is 79.9. The summed E-state index contributed by atoms with van der Waals surface area (Å²) in [5.41, 5.74) is 2.05. The Hall–Kier alpha value is -0.570. The molecule has 0 aromatic heterocycles. The molecule has 4 aliphatic rings. The summed E-state index contributed by atoms with van der Waals surface area (Å²) in [7, 11) is 1.55. The van der Waals surface area contributed by atoms with Gasteiger partial charge in [-0.15, -0.1) is 0 Å². The van der Waals surface area contributed by atoms with E-state index in [9.17, 15) is 4.79 Å². The molecular weight excluding hydrogens is 364 g/mol. The Morgan fingerprint density at radius 1 is 1.21 bits per heavy atom. The predicted octanol–water partition coefficient (Wildman–Crippen LogP) is 5.63. The average molecular weight is 393 g/mol. The van der Waals surface area contributed by atoms with Gasteiger partial charge >= 0.3 is 5.97 Å². The average Bonchev–Trinajstić information content (AvgIpc) is 2.92. The largest absolute Gasteiger partial charge is 0.469 e. The number of carbonyl (C=O) groups excluding carboxylic acids is 1. The predicted molar refractivity (Wildman–Crippen MR) is 99.6 cm³/mol. The van der Waals surface area contributed by atoms with Crippen LogP contribution >= 0.6 is 15.9 Å². The van der Waals surface area contributed by atoms with Gasteiger partial charge in [-0.05, 0) is 89.7 Å². The Morgan fingerprint density at radius 3 is 2.75 bits per heavy atom. The highest BCUT2D eigenvalue weighted by Gasteiger charge is 2.59. The molecule has 0 aromatic rings. The van der Waals surface area contributed by atoms with Gasteiger partial charge in [-0.2, -0.15) is 0 Å². The van der Waals surface area contributed by atoms with E-state index >= 15 is 0 Å². The maximum atomic E-state index is 12.3. The Labute approximate surface area is 154 Å². The maximum Gasteiger partial charge on any atom is 0.309 e. The molecule has 4 rings (SSSR count). The van der Waals surface area contributed by atoms with E-state index in [1.165, 1.54) is 43.0 Å². The zero-order valence-electron chi connectivity index (χ0n) is 15.1. The fourth-order valence-corrected chi connectivity index (χ4v) is 7.27. The second-order valence-corrected chi connectivity index (χ2v) is 10.00. The lowest BCUT2D eigenvalue weighted by Crippen LogP contribution is -2.50. The summed E-state index contributed by atoms with van der Waals surface area (Å²) in [4.78, 5) is 12.3. The van der Waals surface area contributed by atoms with E-state index in [1.807, 2.05) is 0 Å². The molecule has 0 bridgehead atoms. The Bertz CT molecular complexity index is 621. The van der Waals surface area contributed by atoms with Crippen molar-refractivity contribution in [3.8, 4) is 0 Å². The van der Waals surface area contributed by atoms with Crippen molar-refractivity contribution in [3.63, 3.8) is 0 Å². The van der Waals surface area contributed by atoms with Crippen LogP contribution < -0.4 is 0 Å². The van der Waals surface area contributed by atoms with Crippen molar-refractivity contribution < 1.29 is 9.53 Å². The summed E-state index contributed by atoms with van der Waals surface area (Å²) < 4.78 is 6.50. The third-order valence-corrected chi connectivity index (χ3v) is 8.83. The van der Waals surface area contributed by atoms with Crippen LogP contribution in [0.4, 0.5) is 0 Å². The number of fused-ring (bicyclic) bond motifs is 5. The van der Waals surface area contributed by atoms with Crippen LogP contribution in [-0.2, 0) is 9.53 Å². The number of rotatable bonds is 1. The van der Waals surface area contributed by atoms with E-state index < -0.39 is 0 Å². The monoisotopic (exact) mass is 392 g/mol. The Balaban J connectivity index is 1.67. The van der Waals surface area contributed by atoms with Gasteiger partial charge in [-0.3, -0.25) is 4.79 Å². The molecule has 6 atom stereocenters. The number of halogens is 1. The van der Waals surface area contributed by atoms with Crippen molar-refractivity contribution in [1.29, 1.82) is 0 Å². The van der Waals surface area contributed by atoms with Crippen molar-refractivity contribution in [2.45, 2.75) is 58.8 Å². The number of hydrogen-bond donors (Lipinski definition) is 0. The minimum atomic E-state index is 0.0289. The van der Waals surface area contributed by atoms with Crippen LogP contribution in [0.15, 0.2) is 22.2 Å². The number of allylic oxidation sites excluding steroid dienone is 4. The molecule has 4 aliphatic carbocycles. The first-order valence-corrected chi connectivity index (χ1v) is 10.3. The zero-order valence-corrected chi connectivity index (χ0v) is 16.7. The minimum Gasteiger partial charge on any atom is -0.469 e. The molecule has 0 aliphatic heterocycles. The first-order valence-electron chi connectivity index (χ1n) is 9.54. The molecule has 2 saturated carbocycles. The third-order valence-electron chi connectivity index (χ3n) is 8.21. The molecular formula is C21H29BrO2. The van der Waals surface area contributed by atoms with E-state index in [4.69, 9.17) is 4.74 Å². The first-order chi connectivity index (χ1) is 11.4. The fourth-order valence-electron chi connectivity index (χ4n) is 6.82. The van der Waals surface area contributed by atoms with E-state index in [2.05, 4.69) is 41.9 Å². The summed E-state index contributed by atoms with van der Waals surface area (Å²) in [6.07, 6.45) is 13.2. The number of hydrogen-bond acceptors (Lipinski definition) is 2. The second kappa shape index (κ2) is 5.72. The summed E-state index contributed by atoms with van der Waals surface area (Å²) >= 11 is 3.72. The Kier molecular flexibility index (Phi) is 4.02. The van der Waals surface area contributed by atoms with E-state index in [0.29, 0.717) is 11.3 Å². The van der Waals surface area contributed by atoms with Crippen LogP contribution in [0.1, 0.15) is 58.8 Å². The quantitative estimate of drug-likeness (QED) is 0.540. The third kappa shape index (κ3) is 2.22. The van der Waals surface area contributed by atoms with Crippen LogP contribution in [0.2, 0.25) is 0 Å². The topological polar surface area (TPSA) is 26.3 Å². The van der Waals surface area contributed by atoms with Gasteiger partial charge in [0, 0.05) is 0 Å². The van der Waals surface area contributed by atoms with Crippen LogP contribution in [0.25, 0.3) is 0 Å². The van der Waals surface area contributed by atoms with Crippen LogP contribution in [0.3, 0.4) is 0 Å². The number of ether oxygens (including phenoxy) is 1. The fraction of sp³-hybridized carbons (Fsp3) is 0.762. The molecule has 0 radical (unpaired) electrons. The smallest absolute Gasteiger partial charge is 0.309 e. The molecule has 2 nitrogen and oxygen atoms in total. The molecule has 24 heavy (non-hydrogen) atoms. The molecule has 0 N–H and O–H groups in total. The van der Waals surface area contributed by atoms with Gasteiger partial charge in [-0.1, -0.05) is 35.9 Å². The molecule has 3 heteroatoms. The lowest BCUT2D eigenvalue weighted by atomic mass is 9.48. The molecule has 2 fully saturated rings. The number of carbonyl (C=O) groups is 1. The van der Waals surface area contributed by atoms with Gasteiger partial charge in [0.15, 0.2) is 0 Å². The molecule has 0 amide bonds. The molecule has 0 aromatic carbocycles. The number of methoxy groups -OCH3 is 1. The molecule has 132 valence electrons. The summed E-state index contributed by atoms with van der Waals surface area (Å²) in [5, 5.41) is 0. The number of esters is 1. The molecule has 0 unspecified atom stereocenters. The molecule has 0 heterocycles. The molecule has 0 saturated heterocycles.